The second-order valence-electron chi connectivity index (χ2n) is 7.91. The largest absolute Gasteiger partial charge is 0.340 e. The fourth-order valence-corrected chi connectivity index (χ4v) is 3.56. The van der Waals surface area contributed by atoms with Gasteiger partial charge < -0.3 is 10.2 Å². The third-order valence-electron chi connectivity index (χ3n) is 5.60. The summed E-state index contributed by atoms with van der Waals surface area (Å²) >= 11 is 0. The van der Waals surface area contributed by atoms with Crippen LogP contribution in [-0.2, 0) is 22.6 Å². The fourth-order valence-electron chi connectivity index (χ4n) is 3.56. The lowest BCUT2D eigenvalue weighted by Crippen LogP contribution is -2.56. The van der Waals surface area contributed by atoms with Gasteiger partial charge in [-0.05, 0) is 25.0 Å². The van der Waals surface area contributed by atoms with E-state index in [0.29, 0.717) is 39.1 Å². The number of amides is 4. The number of aryl methyl sites for hydroxylation is 1. The molecule has 0 spiro atoms. The Labute approximate surface area is 183 Å². The first-order chi connectivity index (χ1) is 14.9. The summed E-state index contributed by atoms with van der Waals surface area (Å²) in [6, 6.07) is 16.6. The summed E-state index contributed by atoms with van der Waals surface area (Å²) in [6.07, 6.45) is 0.387. The van der Waals surface area contributed by atoms with Crippen molar-refractivity contribution in [2.24, 2.45) is 0 Å². The summed E-state index contributed by atoms with van der Waals surface area (Å²) < 4.78 is 0. The number of carbonyl (C=O) groups excluding carboxylic acids is 3. The van der Waals surface area contributed by atoms with Crippen LogP contribution >= 0.6 is 0 Å². The molecule has 1 unspecified atom stereocenters. The van der Waals surface area contributed by atoms with Crippen LogP contribution in [0.4, 0.5) is 4.79 Å². The van der Waals surface area contributed by atoms with Gasteiger partial charge in [0.05, 0.1) is 12.5 Å². The van der Waals surface area contributed by atoms with Crippen molar-refractivity contribution in [3.63, 3.8) is 0 Å². The van der Waals surface area contributed by atoms with Crippen LogP contribution in [0.1, 0.15) is 23.6 Å². The van der Waals surface area contributed by atoms with Crippen molar-refractivity contribution in [1.29, 1.82) is 0 Å². The number of nitrogens with one attached hydrogen (secondary N) is 2. The van der Waals surface area contributed by atoms with Crippen molar-refractivity contribution < 1.29 is 14.4 Å². The molecule has 1 saturated heterocycles. The number of hydrogen-bond acceptors (Lipinski definition) is 4. The lowest BCUT2D eigenvalue weighted by molar-refractivity contribution is -0.133. The Hall–Kier alpha value is -3.19. The van der Waals surface area contributed by atoms with Crippen LogP contribution in [0.3, 0.4) is 0 Å². The number of hydrogen-bond donors (Lipinski definition) is 2. The Balaban J connectivity index is 1.40. The number of benzene rings is 2. The second kappa shape index (κ2) is 10.7. The molecule has 0 radical (unpaired) electrons. The van der Waals surface area contributed by atoms with Gasteiger partial charge in [0, 0.05) is 32.7 Å². The quantitative estimate of drug-likeness (QED) is 0.747. The van der Waals surface area contributed by atoms with E-state index in [1.165, 1.54) is 5.56 Å². The van der Waals surface area contributed by atoms with E-state index in [9.17, 15) is 14.4 Å². The van der Waals surface area contributed by atoms with Crippen molar-refractivity contribution in [3.05, 3.63) is 71.3 Å². The van der Waals surface area contributed by atoms with E-state index in [1.54, 1.807) is 6.92 Å². The van der Waals surface area contributed by atoms with Gasteiger partial charge in [0.25, 0.3) is 0 Å². The van der Waals surface area contributed by atoms with Gasteiger partial charge in [0.2, 0.25) is 11.8 Å². The van der Waals surface area contributed by atoms with Gasteiger partial charge in [-0.15, -0.1) is 0 Å². The van der Waals surface area contributed by atoms with E-state index in [0.717, 1.165) is 11.1 Å². The molecule has 2 N–H and O–H groups in total. The number of imide groups is 1. The number of piperazine rings is 1. The normalized spacial score (nSPS) is 15.2. The highest BCUT2D eigenvalue weighted by atomic mass is 16.2. The molecule has 2 aromatic rings. The van der Waals surface area contributed by atoms with E-state index in [2.05, 4.69) is 10.6 Å². The number of carbonyl (C=O) groups is 3. The molecular formula is C24H30N4O3. The summed E-state index contributed by atoms with van der Waals surface area (Å²) in [5.74, 6) is -0.245. The zero-order chi connectivity index (χ0) is 22.2. The molecule has 2 aromatic carbocycles. The number of urea groups is 1. The first-order valence-corrected chi connectivity index (χ1v) is 10.6. The van der Waals surface area contributed by atoms with Crippen molar-refractivity contribution in [3.8, 4) is 0 Å². The summed E-state index contributed by atoms with van der Waals surface area (Å²) in [5.41, 5.74) is 3.14. The predicted octanol–water partition coefficient (Wildman–Crippen LogP) is 2.10. The first kappa shape index (κ1) is 22.5. The molecule has 0 aromatic heterocycles. The highest BCUT2D eigenvalue weighted by Crippen LogP contribution is 2.10. The standard InChI is InChI=1S/C24H30N4O3/c1-18-8-10-20(11-9-18)16-22(29)28-14-12-27(13-15-28)19(2)23(30)26-24(31)25-17-21-6-4-3-5-7-21/h3-11,19H,12-17H2,1-2H3,(H2,25,26,30,31). The van der Waals surface area contributed by atoms with Crippen LogP contribution in [0.5, 0.6) is 0 Å². The van der Waals surface area contributed by atoms with Crippen LogP contribution in [-0.4, -0.2) is 59.9 Å². The Morgan fingerprint density at radius 2 is 1.55 bits per heavy atom. The maximum atomic E-state index is 12.6. The monoisotopic (exact) mass is 422 g/mol. The smallest absolute Gasteiger partial charge is 0.321 e. The minimum atomic E-state index is -0.507. The first-order valence-electron chi connectivity index (χ1n) is 10.6. The molecule has 164 valence electrons. The predicted molar refractivity (Wildman–Crippen MR) is 119 cm³/mol. The zero-order valence-electron chi connectivity index (χ0n) is 18.1. The highest BCUT2D eigenvalue weighted by molar-refractivity contribution is 5.96. The molecule has 1 aliphatic heterocycles. The van der Waals surface area contributed by atoms with Crippen molar-refractivity contribution in [1.82, 2.24) is 20.4 Å². The second-order valence-corrected chi connectivity index (χ2v) is 7.91. The Morgan fingerprint density at radius 1 is 0.903 bits per heavy atom. The molecule has 1 atom stereocenters. The average molecular weight is 423 g/mol. The fraction of sp³-hybridized carbons (Fsp3) is 0.375. The van der Waals surface area contributed by atoms with E-state index in [-0.39, 0.29) is 11.8 Å². The molecule has 0 bridgehead atoms. The van der Waals surface area contributed by atoms with Gasteiger partial charge in [0.15, 0.2) is 0 Å². The van der Waals surface area contributed by atoms with Crippen molar-refractivity contribution in [2.75, 3.05) is 26.2 Å². The Morgan fingerprint density at radius 3 is 2.19 bits per heavy atom. The highest BCUT2D eigenvalue weighted by Gasteiger charge is 2.28. The molecule has 31 heavy (non-hydrogen) atoms. The van der Waals surface area contributed by atoms with E-state index in [4.69, 9.17) is 0 Å². The van der Waals surface area contributed by atoms with E-state index in [1.807, 2.05) is 71.3 Å². The molecule has 4 amide bonds. The Kier molecular flexibility index (Phi) is 7.78. The summed E-state index contributed by atoms with van der Waals surface area (Å²) in [4.78, 5) is 40.9. The van der Waals surface area contributed by atoms with Crippen molar-refractivity contribution >= 4 is 17.8 Å². The average Bonchev–Trinajstić information content (AvgIpc) is 2.79. The van der Waals surface area contributed by atoms with Crippen LogP contribution in [0.2, 0.25) is 0 Å². The van der Waals surface area contributed by atoms with Gasteiger partial charge in [-0.1, -0.05) is 60.2 Å². The zero-order valence-corrected chi connectivity index (χ0v) is 18.1. The van der Waals surface area contributed by atoms with Gasteiger partial charge >= 0.3 is 6.03 Å². The van der Waals surface area contributed by atoms with Gasteiger partial charge in [-0.2, -0.15) is 0 Å². The molecule has 1 aliphatic rings. The summed E-state index contributed by atoms with van der Waals surface area (Å²) in [7, 11) is 0. The molecule has 7 heteroatoms. The molecule has 0 aliphatic carbocycles. The van der Waals surface area contributed by atoms with Crippen LogP contribution in [0, 0.1) is 6.92 Å². The van der Waals surface area contributed by atoms with Crippen LogP contribution in [0.25, 0.3) is 0 Å². The molecule has 7 nitrogen and oxygen atoms in total. The lowest BCUT2D eigenvalue weighted by atomic mass is 10.1. The molecule has 0 saturated carbocycles. The minimum absolute atomic E-state index is 0.0981. The lowest BCUT2D eigenvalue weighted by Gasteiger charge is -2.37. The molecule has 1 heterocycles. The molecule has 1 fully saturated rings. The number of rotatable bonds is 6. The Bertz CT molecular complexity index is 891. The van der Waals surface area contributed by atoms with Gasteiger partial charge in [0.1, 0.15) is 0 Å². The molecule has 3 rings (SSSR count). The SMILES string of the molecule is Cc1ccc(CC(=O)N2CCN(C(C)C(=O)NC(=O)NCc3ccccc3)CC2)cc1. The third-order valence-corrected chi connectivity index (χ3v) is 5.60. The van der Waals surface area contributed by atoms with Crippen LogP contribution < -0.4 is 10.6 Å². The molecular weight excluding hydrogens is 392 g/mol. The minimum Gasteiger partial charge on any atom is -0.340 e. The number of nitrogens with zero attached hydrogens (tertiary/aromatic N) is 2. The van der Waals surface area contributed by atoms with Gasteiger partial charge in [-0.25, -0.2) is 4.79 Å². The summed E-state index contributed by atoms with van der Waals surface area (Å²) in [5, 5.41) is 5.10. The maximum Gasteiger partial charge on any atom is 0.321 e. The summed E-state index contributed by atoms with van der Waals surface area (Å²) in [6.45, 7) is 6.50. The van der Waals surface area contributed by atoms with Crippen LogP contribution in [0.15, 0.2) is 54.6 Å². The third kappa shape index (κ3) is 6.65. The van der Waals surface area contributed by atoms with Crippen molar-refractivity contribution in [2.45, 2.75) is 32.9 Å². The topological polar surface area (TPSA) is 81.8 Å². The van der Waals surface area contributed by atoms with Gasteiger partial charge in [-0.3, -0.25) is 19.8 Å². The maximum absolute atomic E-state index is 12.6. The van der Waals surface area contributed by atoms with E-state index < -0.39 is 12.1 Å². The van der Waals surface area contributed by atoms with E-state index >= 15 is 0 Å².